The van der Waals surface area contributed by atoms with E-state index in [4.69, 9.17) is 9.15 Å². The van der Waals surface area contributed by atoms with Gasteiger partial charge in [0.25, 0.3) is 5.71 Å². The van der Waals surface area contributed by atoms with Crippen molar-refractivity contribution in [2.24, 2.45) is 0 Å². The molecule has 0 aliphatic heterocycles. The van der Waals surface area contributed by atoms with E-state index in [1.807, 2.05) is 25.3 Å². The molecular formula is C13H12N4O2S. The average molecular weight is 288 g/mol. The normalized spacial score (nSPS) is 10.9. The fourth-order valence-electron chi connectivity index (χ4n) is 1.72. The third kappa shape index (κ3) is 2.32. The summed E-state index contributed by atoms with van der Waals surface area (Å²) in [6, 6.07) is 3.70. The highest BCUT2D eigenvalue weighted by Gasteiger charge is 2.16. The minimum absolute atomic E-state index is 0.423. The molecule has 0 aliphatic rings. The van der Waals surface area contributed by atoms with Crippen molar-refractivity contribution < 1.29 is 9.15 Å². The maximum absolute atomic E-state index is 5.69. The lowest BCUT2D eigenvalue weighted by molar-refractivity contribution is 0.327. The van der Waals surface area contributed by atoms with Crippen LogP contribution in [0.3, 0.4) is 0 Å². The van der Waals surface area contributed by atoms with Crippen molar-refractivity contribution in [3.8, 4) is 17.3 Å². The van der Waals surface area contributed by atoms with E-state index in [0.29, 0.717) is 34.8 Å². The van der Waals surface area contributed by atoms with E-state index in [1.165, 1.54) is 11.8 Å². The maximum atomic E-state index is 5.69. The summed E-state index contributed by atoms with van der Waals surface area (Å²) in [5.41, 5.74) is 1.74. The molecule has 0 fully saturated rings. The number of oxazole rings is 1. The number of pyridine rings is 1. The van der Waals surface area contributed by atoms with Crippen LogP contribution in [0.2, 0.25) is 0 Å². The van der Waals surface area contributed by atoms with Crippen LogP contribution in [-0.2, 0) is 0 Å². The third-order valence-electron chi connectivity index (χ3n) is 2.58. The van der Waals surface area contributed by atoms with Gasteiger partial charge in [0.15, 0.2) is 10.7 Å². The van der Waals surface area contributed by atoms with Gasteiger partial charge in [-0.25, -0.2) is 4.98 Å². The van der Waals surface area contributed by atoms with Gasteiger partial charge in [-0.3, -0.25) is 4.98 Å². The van der Waals surface area contributed by atoms with E-state index in [0.717, 1.165) is 5.56 Å². The molecule has 3 aromatic rings. The number of fused-ring (bicyclic) bond motifs is 1. The molecule has 3 heterocycles. The van der Waals surface area contributed by atoms with E-state index in [-0.39, 0.29) is 0 Å². The van der Waals surface area contributed by atoms with Gasteiger partial charge in [-0.1, -0.05) is 11.8 Å². The Morgan fingerprint density at radius 2 is 2.20 bits per heavy atom. The van der Waals surface area contributed by atoms with Crippen molar-refractivity contribution in [1.82, 2.24) is 19.9 Å². The van der Waals surface area contributed by atoms with Crippen molar-refractivity contribution in [2.45, 2.75) is 12.1 Å². The molecule has 0 saturated carbocycles. The van der Waals surface area contributed by atoms with Crippen molar-refractivity contribution >= 4 is 23.0 Å². The van der Waals surface area contributed by atoms with Crippen LogP contribution in [0.15, 0.2) is 34.1 Å². The Morgan fingerprint density at radius 3 is 2.90 bits per heavy atom. The Labute approximate surface area is 119 Å². The molecular weight excluding hydrogens is 276 g/mol. The largest absolute Gasteiger partial charge is 0.476 e. The van der Waals surface area contributed by atoms with Crippen LogP contribution in [0.1, 0.15) is 6.92 Å². The molecule has 3 rings (SSSR count). The SMILES string of the molecule is CCOc1nc(SC)nc2oc(-c3cccnc3)nc12. The molecule has 0 unspecified atom stereocenters. The lowest BCUT2D eigenvalue weighted by atomic mass is 10.3. The summed E-state index contributed by atoms with van der Waals surface area (Å²) in [6.45, 7) is 2.41. The predicted molar refractivity (Wildman–Crippen MR) is 75.8 cm³/mol. The second kappa shape index (κ2) is 5.46. The van der Waals surface area contributed by atoms with Crippen LogP contribution < -0.4 is 4.74 Å². The van der Waals surface area contributed by atoms with Crippen LogP contribution in [-0.4, -0.2) is 32.8 Å². The second-order valence-electron chi connectivity index (χ2n) is 3.86. The fraction of sp³-hybridized carbons (Fsp3) is 0.231. The van der Waals surface area contributed by atoms with Crippen LogP contribution >= 0.6 is 11.8 Å². The predicted octanol–water partition coefficient (Wildman–Crippen LogP) is 2.80. The number of nitrogens with zero attached hydrogens (tertiary/aromatic N) is 4. The zero-order valence-electron chi connectivity index (χ0n) is 11.0. The van der Waals surface area contributed by atoms with Gasteiger partial charge in [-0.2, -0.15) is 9.97 Å². The van der Waals surface area contributed by atoms with Crippen molar-refractivity contribution in [3.63, 3.8) is 0 Å². The smallest absolute Gasteiger partial charge is 0.255 e. The minimum atomic E-state index is 0.423. The van der Waals surface area contributed by atoms with Crippen LogP contribution in [0.5, 0.6) is 5.88 Å². The van der Waals surface area contributed by atoms with Gasteiger partial charge < -0.3 is 9.15 Å². The third-order valence-corrected chi connectivity index (χ3v) is 3.13. The highest BCUT2D eigenvalue weighted by atomic mass is 32.2. The van der Waals surface area contributed by atoms with Crippen LogP contribution in [0, 0.1) is 0 Å². The van der Waals surface area contributed by atoms with Gasteiger partial charge in [0.1, 0.15) is 0 Å². The first-order valence-corrected chi connectivity index (χ1v) is 7.30. The molecule has 0 aromatic carbocycles. The zero-order valence-corrected chi connectivity index (χ0v) is 11.8. The number of rotatable bonds is 4. The first-order valence-electron chi connectivity index (χ1n) is 6.07. The van der Waals surface area contributed by atoms with Gasteiger partial charge in [-0.15, -0.1) is 0 Å². The van der Waals surface area contributed by atoms with Crippen molar-refractivity contribution in [1.29, 1.82) is 0 Å². The molecule has 20 heavy (non-hydrogen) atoms. The topological polar surface area (TPSA) is 73.9 Å². The molecule has 0 radical (unpaired) electrons. The van der Waals surface area contributed by atoms with Gasteiger partial charge >= 0.3 is 0 Å². The average Bonchev–Trinajstić information content (AvgIpc) is 2.92. The van der Waals surface area contributed by atoms with Gasteiger partial charge in [-0.05, 0) is 25.3 Å². The molecule has 102 valence electrons. The standard InChI is InChI=1S/C13H12N4O2S/c1-3-18-11-9-12(17-13(16-11)20-2)19-10(15-9)8-5-4-6-14-7-8/h4-7H,3H2,1-2H3. The van der Waals surface area contributed by atoms with E-state index >= 15 is 0 Å². The minimum Gasteiger partial charge on any atom is -0.476 e. The number of aromatic nitrogens is 4. The number of hydrogen-bond acceptors (Lipinski definition) is 7. The monoisotopic (exact) mass is 288 g/mol. The van der Waals surface area contributed by atoms with Gasteiger partial charge in [0, 0.05) is 12.4 Å². The summed E-state index contributed by atoms with van der Waals surface area (Å²) in [5.74, 6) is 0.905. The fourth-order valence-corrected chi connectivity index (χ4v) is 2.07. The first kappa shape index (κ1) is 12.9. The van der Waals surface area contributed by atoms with E-state index in [9.17, 15) is 0 Å². The molecule has 0 aliphatic carbocycles. The molecule has 0 amide bonds. The van der Waals surface area contributed by atoms with Crippen molar-refractivity contribution in [3.05, 3.63) is 24.5 Å². The summed E-state index contributed by atoms with van der Waals surface area (Å²) in [5, 5.41) is 0.592. The van der Waals surface area contributed by atoms with Crippen LogP contribution in [0.25, 0.3) is 22.7 Å². The number of ether oxygens (including phenoxy) is 1. The molecule has 0 N–H and O–H groups in total. The van der Waals surface area contributed by atoms with Crippen LogP contribution in [0.4, 0.5) is 0 Å². The highest BCUT2D eigenvalue weighted by Crippen LogP contribution is 2.29. The van der Waals surface area contributed by atoms with E-state index in [2.05, 4.69) is 19.9 Å². The maximum Gasteiger partial charge on any atom is 0.255 e. The van der Waals surface area contributed by atoms with E-state index < -0.39 is 0 Å². The lowest BCUT2D eigenvalue weighted by Crippen LogP contribution is -1.98. The van der Waals surface area contributed by atoms with Gasteiger partial charge in [0.2, 0.25) is 11.8 Å². The Bertz CT molecular complexity index is 730. The second-order valence-corrected chi connectivity index (χ2v) is 4.64. The summed E-state index contributed by atoms with van der Waals surface area (Å²) >= 11 is 1.43. The molecule has 6 nitrogen and oxygen atoms in total. The summed E-state index contributed by atoms with van der Waals surface area (Å²) in [7, 11) is 0. The first-order chi connectivity index (χ1) is 9.81. The summed E-state index contributed by atoms with van der Waals surface area (Å²) in [6.07, 6.45) is 5.28. The lowest BCUT2D eigenvalue weighted by Gasteiger charge is -2.02. The van der Waals surface area contributed by atoms with Gasteiger partial charge in [0.05, 0.1) is 12.2 Å². The highest BCUT2D eigenvalue weighted by molar-refractivity contribution is 7.98. The quantitative estimate of drug-likeness (QED) is 0.539. The Hall–Kier alpha value is -2.15. The summed E-state index contributed by atoms with van der Waals surface area (Å²) < 4.78 is 11.2. The number of thioether (sulfide) groups is 1. The Kier molecular flexibility index (Phi) is 3.51. The Morgan fingerprint density at radius 1 is 1.30 bits per heavy atom. The molecule has 0 spiro atoms. The van der Waals surface area contributed by atoms with E-state index in [1.54, 1.807) is 12.4 Å². The summed E-state index contributed by atoms with van der Waals surface area (Å²) in [4.78, 5) is 17.1. The number of hydrogen-bond donors (Lipinski definition) is 0. The Balaban J connectivity index is 2.16. The molecule has 0 atom stereocenters. The molecule has 7 heteroatoms. The molecule has 0 saturated heterocycles. The molecule has 0 bridgehead atoms. The zero-order chi connectivity index (χ0) is 13.9. The molecule has 3 aromatic heterocycles. The van der Waals surface area contributed by atoms with Crippen molar-refractivity contribution in [2.75, 3.05) is 12.9 Å².